The summed E-state index contributed by atoms with van der Waals surface area (Å²) in [5.41, 5.74) is 2.25. The zero-order chi connectivity index (χ0) is 26.5. The number of urea groups is 1. The average molecular weight is 512 g/mol. The summed E-state index contributed by atoms with van der Waals surface area (Å²) in [4.78, 5) is 30.5. The van der Waals surface area contributed by atoms with Gasteiger partial charge in [0.25, 0.3) is 0 Å². The van der Waals surface area contributed by atoms with Crippen LogP contribution in [0.4, 0.5) is 28.0 Å². The minimum Gasteiger partial charge on any atom is -0.369 e. The molecule has 0 aliphatic carbocycles. The molecule has 0 saturated carbocycles. The molecule has 36 heavy (non-hydrogen) atoms. The Hall–Kier alpha value is -3.70. The molecular formula is C22H24F4N6O4. The highest BCUT2D eigenvalue weighted by molar-refractivity contribution is 5.89. The Bertz CT molecular complexity index is 1150. The van der Waals surface area contributed by atoms with Gasteiger partial charge in [-0.25, -0.2) is 14.2 Å². The fourth-order valence-corrected chi connectivity index (χ4v) is 3.68. The van der Waals surface area contributed by atoms with E-state index in [2.05, 4.69) is 10.4 Å². The van der Waals surface area contributed by atoms with Gasteiger partial charge in [0.1, 0.15) is 24.6 Å². The number of hydrogen-bond donors (Lipinski definition) is 1. The van der Waals surface area contributed by atoms with Gasteiger partial charge in [-0.2, -0.15) is 23.5 Å². The van der Waals surface area contributed by atoms with Crippen molar-refractivity contribution in [1.29, 1.82) is 5.26 Å². The summed E-state index contributed by atoms with van der Waals surface area (Å²) in [6.45, 7) is 0.420. The van der Waals surface area contributed by atoms with E-state index in [-0.39, 0.29) is 24.3 Å². The number of nitriles is 1. The van der Waals surface area contributed by atoms with Gasteiger partial charge >= 0.3 is 12.2 Å². The maximum atomic E-state index is 13.5. The van der Waals surface area contributed by atoms with Gasteiger partial charge in [0.15, 0.2) is 0 Å². The Morgan fingerprint density at radius 1 is 1.42 bits per heavy atom. The second-order valence-corrected chi connectivity index (χ2v) is 8.11. The van der Waals surface area contributed by atoms with Gasteiger partial charge in [-0.3, -0.25) is 14.3 Å². The molecule has 2 aromatic rings. The first-order valence-corrected chi connectivity index (χ1v) is 10.8. The molecule has 3 amide bonds. The number of alkyl halides is 3. The molecule has 1 atom stereocenters. The van der Waals surface area contributed by atoms with Gasteiger partial charge in [0, 0.05) is 37.0 Å². The van der Waals surface area contributed by atoms with Gasteiger partial charge in [-0.05, 0) is 25.1 Å². The number of hydroxylamine groups is 2. The van der Waals surface area contributed by atoms with Crippen molar-refractivity contribution in [2.24, 2.45) is 0 Å². The third kappa shape index (κ3) is 6.92. The molecule has 194 valence electrons. The number of halogens is 4. The van der Waals surface area contributed by atoms with Crippen LogP contribution in [-0.4, -0.2) is 71.3 Å². The fraction of sp³-hybridized carbons (Fsp3) is 0.455. The lowest BCUT2D eigenvalue weighted by molar-refractivity contribution is -0.213. The molecule has 0 radical (unpaired) electrons. The Balaban J connectivity index is 1.69. The smallest absolute Gasteiger partial charge is 0.369 e. The largest absolute Gasteiger partial charge is 0.411 e. The second kappa shape index (κ2) is 11.4. The van der Waals surface area contributed by atoms with Crippen molar-refractivity contribution >= 4 is 18.1 Å². The molecule has 0 fully saturated rings. The lowest BCUT2D eigenvalue weighted by atomic mass is 10.1. The summed E-state index contributed by atoms with van der Waals surface area (Å²) in [5.74, 6) is -0.688. The van der Waals surface area contributed by atoms with Gasteiger partial charge in [0.05, 0.1) is 31.0 Å². The van der Waals surface area contributed by atoms with Gasteiger partial charge in [-0.15, -0.1) is 0 Å². The number of benzene rings is 1. The number of nitrogens with zero attached hydrogens (tertiary/aromatic N) is 5. The third-order valence-electron chi connectivity index (χ3n) is 5.42. The highest BCUT2D eigenvalue weighted by Gasteiger charge is 2.30. The number of aromatic nitrogens is 2. The van der Waals surface area contributed by atoms with Crippen LogP contribution >= 0.6 is 0 Å². The first-order chi connectivity index (χ1) is 17.0. The van der Waals surface area contributed by atoms with E-state index < -0.39 is 37.3 Å². The number of anilines is 1. The van der Waals surface area contributed by atoms with Crippen molar-refractivity contribution in [1.82, 2.24) is 19.7 Å². The highest BCUT2D eigenvalue weighted by atomic mass is 19.4. The number of carbonyl (C=O) groups excluding carboxylic acids is 2. The van der Waals surface area contributed by atoms with E-state index in [1.165, 1.54) is 24.1 Å². The maximum absolute atomic E-state index is 13.5. The highest BCUT2D eigenvalue weighted by Crippen LogP contribution is 2.24. The summed E-state index contributed by atoms with van der Waals surface area (Å²) in [6.07, 6.45) is -4.65. The summed E-state index contributed by atoms with van der Waals surface area (Å²) >= 11 is 0. The SMILES string of the molecule is Cc1c2c(nn1CC(COCC(F)(F)F)ON(C)C=O)CCN(C(=O)Nc1ccc(F)c(C#N)c1)C2. The molecule has 14 heteroatoms. The third-order valence-corrected chi connectivity index (χ3v) is 5.42. The molecular weight excluding hydrogens is 488 g/mol. The number of fused-ring (bicyclic) bond motifs is 1. The van der Waals surface area contributed by atoms with Crippen LogP contribution in [0.2, 0.25) is 0 Å². The summed E-state index contributed by atoms with van der Waals surface area (Å²) < 4.78 is 57.2. The number of carbonyl (C=O) groups is 2. The molecule has 3 rings (SSSR count). The zero-order valence-corrected chi connectivity index (χ0v) is 19.5. The van der Waals surface area contributed by atoms with Crippen molar-refractivity contribution in [2.45, 2.75) is 38.7 Å². The molecule has 2 heterocycles. The molecule has 1 aromatic heterocycles. The van der Waals surface area contributed by atoms with Crippen molar-refractivity contribution < 1.29 is 36.7 Å². The van der Waals surface area contributed by atoms with E-state index >= 15 is 0 Å². The number of nitrogens with one attached hydrogen (secondary N) is 1. The Morgan fingerprint density at radius 3 is 2.83 bits per heavy atom. The monoisotopic (exact) mass is 512 g/mol. The van der Waals surface area contributed by atoms with Crippen LogP contribution in [0.15, 0.2) is 18.2 Å². The topological polar surface area (TPSA) is 113 Å². The van der Waals surface area contributed by atoms with Crippen LogP contribution in [0.3, 0.4) is 0 Å². The van der Waals surface area contributed by atoms with E-state index in [1.54, 1.807) is 17.7 Å². The maximum Gasteiger partial charge on any atom is 0.411 e. The Kier molecular flexibility index (Phi) is 8.49. The lowest BCUT2D eigenvalue weighted by Gasteiger charge is -2.27. The van der Waals surface area contributed by atoms with E-state index in [1.807, 2.05) is 0 Å². The fourth-order valence-electron chi connectivity index (χ4n) is 3.68. The van der Waals surface area contributed by atoms with Crippen LogP contribution in [0, 0.1) is 24.1 Å². The zero-order valence-electron chi connectivity index (χ0n) is 19.5. The van der Waals surface area contributed by atoms with Gasteiger partial charge < -0.3 is 15.0 Å². The van der Waals surface area contributed by atoms with E-state index in [0.717, 1.165) is 22.4 Å². The standard InChI is InChI=1S/C22H24F4N6O4/c1-14-18-10-31(21(34)28-16-3-4-19(23)15(7-16)8-27)6-5-20(18)29-32(14)9-17(36-30(2)13-33)11-35-12-22(24,25)26/h3-4,7,13,17H,5-6,9-12H2,1-2H3,(H,28,34). The summed E-state index contributed by atoms with van der Waals surface area (Å²) in [5, 5.41) is 16.9. The minimum absolute atomic E-state index is 0.00752. The lowest BCUT2D eigenvalue weighted by Crippen LogP contribution is -2.38. The van der Waals surface area contributed by atoms with E-state index in [0.29, 0.717) is 25.1 Å². The Labute approximate surface area is 203 Å². The molecule has 10 nitrogen and oxygen atoms in total. The normalized spacial score (nSPS) is 14.1. The quantitative estimate of drug-likeness (QED) is 0.314. The second-order valence-electron chi connectivity index (χ2n) is 8.11. The van der Waals surface area contributed by atoms with Crippen molar-refractivity contribution in [3.8, 4) is 6.07 Å². The summed E-state index contributed by atoms with van der Waals surface area (Å²) in [6, 6.07) is 4.95. The molecule has 0 bridgehead atoms. The van der Waals surface area contributed by atoms with Crippen LogP contribution in [0.25, 0.3) is 0 Å². The molecule has 1 aliphatic heterocycles. The average Bonchev–Trinajstić information content (AvgIpc) is 3.13. The molecule has 0 saturated heterocycles. The first-order valence-electron chi connectivity index (χ1n) is 10.8. The van der Waals surface area contributed by atoms with Crippen LogP contribution < -0.4 is 5.32 Å². The molecule has 1 aliphatic rings. The molecule has 1 aromatic carbocycles. The first kappa shape index (κ1) is 26.9. The van der Waals surface area contributed by atoms with Gasteiger partial charge in [-0.1, -0.05) is 0 Å². The van der Waals surface area contributed by atoms with Crippen LogP contribution in [0.5, 0.6) is 0 Å². The molecule has 0 spiro atoms. The number of hydrogen-bond acceptors (Lipinski definition) is 6. The number of ether oxygens (including phenoxy) is 1. The van der Waals surface area contributed by atoms with Gasteiger partial charge in [0.2, 0.25) is 6.41 Å². The molecule has 1 unspecified atom stereocenters. The number of rotatable bonds is 9. The summed E-state index contributed by atoms with van der Waals surface area (Å²) in [7, 11) is 1.31. The van der Waals surface area contributed by atoms with E-state index in [9.17, 15) is 27.2 Å². The van der Waals surface area contributed by atoms with Crippen LogP contribution in [-0.2, 0) is 33.9 Å². The van der Waals surface area contributed by atoms with Crippen molar-refractivity contribution in [3.05, 3.63) is 46.5 Å². The van der Waals surface area contributed by atoms with E-state index in [4.69, 9.17) is 14.8 Å². The Morgan fingerprint density at radius 2 is 2.17 bits per heavy atom. The minimum atomic E-state index is -4.50. The predicted octanol–water partition coefficient (Wildman–Crippen LogP) is 2.76. The van der Waals surface area contributed by atoms with Crippen LogP contribution in [0.1, 0.15) is 22.5 Å². The van der Waals surface area contributed by atoms with Crippen molar-refractivity contribution in [3.63, 3.8) is 0 Å². The predicted molar refractivity (Wildman–Crippen MR) is 117 cm³/mol. The van der Waals surface area contributed by atoms with Crippen molar-refractivity contribution in [2.75, 3.05) is 32.1 Å². The molecule has 1 N–H and O–H groups in total. The number of amides is 3.